The second-order valence-corrected chi connectivity index (χ2v) is 6.70. The quantitative estimate of drug-likeness (QED) is 0.382. The van der Waals surface area contributed by atoms with Crippen molar-refractivity contribution in [2.45, 2.75) is 31.4 Å². The van der Waals surface area contributed by atoms with Crippen molar-refractivity contribution in [3.8, 4) is 5.75 Å². The molecule has 0 unspecified atom stereocenters. The third-order valence-corrected chi connectivity index (χ3v) is 4.62. The summed E-state index contributed by atoms with van der Waals surface area (Å²) in [5.74, 6) is 1.81. The molecule has 3 aromatic rings. The molecular weight excluding hydrogens is 336 g/mol. The van der Waals surface area contributed by atoms with E-state index >= 15 is 0 Å². The van der Waals surface area contributed by atoms with E-state index in [0.717, 1.165) is 16.0 Å². The predicted molar refractivity (Wildman–Crippen MR) is 95.9 cm³/mol. The monoisotopic (exact) mass is 354 g/mol. The summed E-state index contributed by atoms with van der Waals surface area (Å²) in [6.45, 7) is 5.70. The summed E-state index contributed by atoms with van der Waals surface area (Å²) in [5, 5.41) is 3.77. The van der Waals surface area contributed by atoms with Crippen LogP contribution in [0.15, 0.2) is 51.9 Å². The number of hydrogen-bond acceptors (Lipinski definition) is 6. The molecule has 0 aliphatic rings. The van der Waals surface area contributed by atoms with Gasteiger partial charge in [-0.3, -0.25) is 0 Å². The highest BCUT2D eigenvalue weighted by atomic mass is 32.2. The lowest BCUT2D eigenvalue weighted by molar-refractivity contribution is 0.0730. The Morgan fingerprint density at radius 2 is 1.96 bits per heavy atom. The molecule has 0 atom stereocenters. The molecule has 6 heteroatoms. The minimum absolute atomic E-state index is 0.378. The fourth-order valence-corrected chi connectivity index (χ4v) is 3.25. The van der Waals surface area contributed by atoms with E-state index in [2.05, 4.69) is 10.1 Å². The average molecular weight is 354 g/mol. The molecule has 0 spiro atoms. The van der Waals surface area contributed by atoms with Gasteiger partial charge in [0.05, 0.1) is 11.3 Å². The lowest BCUT2D eigenvalue weighted by Gasteiger charge is -2.10. The number of rotatable bonds is 5. The molecular formula is C19H18N2O3S. The van der Waals surface area contributed by atoms with E-state index in [4.69, 9.17) is 9.26 Å². The lowest BCUT2D eigenvalue weighted by Crippen LogP contribution is -2.10. The van der Waals surface area contributed by atoms with E-state index in [9.17, 15) is 4.79 Å². The Morgan fingerprint density at radius 3 is 2.68 bits per heavy atom. The van der Waals surface area contributed by atoms with Crippen molar-refractivity contribution in [1.82, 2.24) is 10.1 Å². The molecule has 0 amide bonds. The lowest BCUT2D eigenvalue weighted by atomic mass is 10.1. The van der Waals surface area contributed by atoms with E-state index in [1.807, 2.05) is 50.2 Å². The van der Waals surface area contributed by atoms with Crippen LogP contribution >= 0.6 is 11.8 Å². The summed E-state index contributed by atoms with van der Waals surface area (Å²) in [6.07, 6.45) is 0. The van der Waals surface area contributed by atoms with Crippen LogP contribution in [-0.2, 0) is 5.75 Å². The first-order chi connectivity index (χ1) is 12.0. The maximum atomic E-state index is 12.6. The van der Waals surface area contributed by atoms with Crippen molar-refractivity contribution in [3.05, 3.63) is 70.9 Å². The Morgan fingerprint density at radius 1 is 1.16 bits per heavy atom. The fraction of sp³-hybridized carbons (Fsp3) is 0.211. The van der Waals surface area contributed by atoms with Gasteiger partial charge >= 0.3 is 5.97 Å². The fourth-order valence-electron chi connectivity index (χ4n) is 2.37. The molecule has 0 aliphatic carbocycles. The molecule has 0 bridgehead atoms. The largest absolute Gasteiger partial charge is 0.423 e. The van der Waals surface area contributed by atoms with Crippen molar-refractivity contribution in [3.63, 3.8) is 0 Å². The Bertz CT molecular complexity index is 905. The highest BCUT2D eigenvalue weighted by Crippen LogP contribution is 2.27. The van der Waals surface area contributed by atoms with Crippen LogP contribution in [0.25, 0.3) is 0 Å². The number of hydrogen-bond donors (Lipinski definition) is 0. The van der Waals surface area contributed by atoms with E-state index in [1.54, 1.807) is 13.0 Å². The van der Waals surface area contributed by atoms with E-state index in [1.165, 1.54) is 11.8 Å². The van der Waals surface area contributed by atoms with Gasteiger partial charge in [-0.1, -0.05) is 35.0 Å². The molecule has 1 aromatic heterocycles. The number of carbonyl (C=O) groups excluding carboxylic acids is 1. The molecule has 2 aromatic carbocycles. The van der Waals surface area contributed by atoms with Crippen LogP contribution in [0.3, 0.4) is 0 Å². The van der Waals surface area contributed by atoms with Gasteiger partial charge in [-0.05, 0) is 44.5 Å². The van der Waals surface area contributed by atoms with Crippen LogP contribution in [0.4, 0.5) is 0 Å². The number of ether oxygens (including phenoxy) is 1. The number of aromatic nitrogens is 2. The number of aryl methyl sites for hydroxylation is 3. The molecule has 3 rings (SSSR count). The third-order valence-electron chi connectivity index (χ3n) is 3.56. The zero-order valence-corrected chi connectivity index (χ0v) is 15.1. The maximum absolute atomic E-state index is 12.6. The third kappa shape index (κ3) is 4.28. The number of esters is 1. The van der Waals surface area contributed by atoms with Gasteiger partial charge in [0.2, 0.25) is 5.89 Å². The number of carbonyl (C=O) groups is 1. The van der Waals surface area contributed by atoms with Crippen LogP contribution in [0.1, 0.15) is 33.2 Å². The van der Waals surface area contributed by atoms with Gasteiger partial charge in [-0.2, -0.15) is 4.98 Å². The standard InChI is InChI=1S/C19H18N2O3S/c1-12-8-9-16(13(2)10-12)23-19(22)15-6-4-5-7-17(15)25-11-18-20-14(3)21-24-18/h4-10H,11H2,1-3H3. The van der Waals surface area contributed by atoms with E-state index in [-0.39, 0.29) is 5.97 Å². The highest BCUT2D eigenvalue weighted by molar-refractivity contribution is 7.98. The first-order valence-corrected chi connectivity index (χ1v) is 8.82. The molecule has 0 fully saturated rings. The van der Waals surface area contributed by atoms with Crippen LogP contribution in [-0.4, -0.2) is 16.1 Å². The van der Waals surface area contributed by atoms with Crippen molar-refractivity contribution in [2.75, 3.05) is 0 Å². The molecule has 0 saturated carbocycles. The Kier molecular flexibility index (Phi) is 5.19. The topological polar surface area (TPSA) is 65.2 Å². The van der Waals surface area contributed by atoms with Gasteiger partial charge in [-0.15, -0.1) is 11.8 Å². The summed E-state index contributed by atoms with van der Waals surface area (Å²) in [7, 11) is 0. The Balaban J connectivity index is 1.76. The molecule has 0 radical (unpaired) electrons. The maximum Gasteiger partial charge on any atom is 0.344 e. The van der Waals surface area contributed by atoms with Gasteiger partial charge in [0.25, 0.3) is 0 Å². The summed E-state index contributed by atoms with van der Waals surface area (Å²) >= 11 is 1.46. The summed E-state index contributed by atoms with van der Waals surface area (Å²) in [6, 6.07) is 13.1. The van der Waals surface area contributed by atoms with Crippen LogP contribution in [0, 0.1) is 20.8 Å². The first kappa shape index (κ1) is 17.2. The van der Waals surface area contributed by atoms with Crippen LogP contribution in [0.2, 0.25) is 0 Å². The van der Waals surface area contributed by atoms with Crippen molar-refractivity contribution < 1.29 is 14.1 Å². The normalized spacial score (nSPS) is 10.7. The van der Waals surface area contributed by atoms with Crippen molar-refractivity contribution >= 4 is 17.7 Å². The van der Waals surface area contributed by atoms with Gasteiger partial charge in [0.15, 0.2) is 5.82 Å². The van der Waals surface area contributed by atoms with Gasteiger partial charge in [0, 0.05) is 4.90 Å². The molecule has 0 N–H and O–H groups in total. The van der Waals surface area contributed by atoms with E-state index < -0.39 is 0 Å². The zero-order chi connectivity index (χ0) is 17.8. The summed E-state index contributed by atoms with van der Waals surface area (Å²) in [5.41, 5.74) is 2.58. The minimum Gasteiger partial charge on any atom is -0.423 e. The van der Waals surface area contributed by atoms with Crippen molar-refractivity contribution in [1.29, 1.82) is 0 Å². The Hall–Kier alpha value is -2.60. The zero-order valence-electron chi connectivity index (χ0n) is 14.3. The van der Waals surface area contributed by atoms with Crippen LogP contribution in [0.5, 0.6) is 5.75 Å². The summed E-state index contributed by atoms with van der Waals surface area (Å²) < 4.78 is 10.7. The molecule has 128 valence electrons. The second-order valence-electron chi connectivity index (χ2n) is 5.68. The molecule has 5 nitrogen and oxygen atoms in total. The predicted octanol–water partition coefficient (Wildman–Crippen LogP) is 4.51. The van der Waals surface area contributed by atoms with E-state index in [0.29, 0.717) is 28.8 Å². The smallest absolute Gasteiger partial charge is 0.344 e. The Labute approximate surface area is 150 Å². The van der Waals surface area contributed by atoms with Gasteiger partial charge < -0.3 is 9.26 Å². The van der Waals surface area contributed by atoms with Crippen molar-refractivity contribution in [2.24, 2.45) is 0 Å². The average Bonchev–Trinajstić information content (AvgIpc) is 3.01. The van der Waals surface area contributed by atoms with Gasteiger partial charge in [0.1, 0.15) is 5.75 Å². The number of thioether (sulfide) groups is 1. The SMILES string of the molecule is Cc1ccc(OC(=O)c2ccccc2SCc2nc(C)no2)c(C)c1. The number of benzene rings is 2. The molecule has 0 aliphatic heterocycles. The number of nitrogens with zero attached hydrogens (tertiary/aromatic N) is 2. The first-order valence-electron chi connectivity index (χ1n) is 7.83. The molecule has 0 saturated heterocycles. The van der Waals surface area contributed by atoms with Crippen LogP contribution < -0.4 is 4.74 Å². The molecule has 1 heterocycles. The highest BCUT2D eigenvalue weighted by Gasteiger charge is 2.16. The molecule has 25 heavy (non-hydrogen) atoms. The second kappa shape index (κ2) is 7.53. The van der Waals surface area contributed by atoms with Gasteiger partial charge in [-0.25, -0.2) is 4.79 Å². The minimum atomic E-state index is -0.378. The summed E-state index contributed by atoms with van der Waals surface area (Å²) in [4.78, 5) is 17.6.